The first-order valence-electron chi connectivity index (χ1n) is 3.38. The van der Waals surface area contributed by atoms with E-state index in [1.165, 1.54) is 0 Å². The summed E-state index contributed by atoms with van der Waals surface area (Å²) in [5, 5.41) is 8.95. The summed E-state index contributed by atoms with van der Waals surface area (Å²) >= 11 is 0. The van der Waals surface area contributed by atoms with Crippen molar-refractivity contribution in [1.82, 2.24) is 0 Å². The van der Waals surface area contributed by atoms with Crippen LogP contribution in [-0.2, 0) is 14.2 Å². The van der Waals surface area contributed by atoms with Gasteiger partial charge in [-0.2, -0.15) is 0 Å². The van der Waals surface area contributed by atoms with Crippen LogP contribution in [0.25, 0.3) is 0 Å². The van der Waals surface area contributed by atoms with E-state index in [9.17, 15) is 0 Å². The van der Waals surface area contributed by atoms with E-state index in [0.717, 1.165) is 0 Å². The molecule has 0 unspecified atom stereocenters. The second kappa shape index (κ2) is 2.17. The van der Waals surface area contributed by atoms with Gasteiger partial charge in [0.05, 0.1) is 12.5 Å². The molecule has 4 heteroatoms. The molecule has 58 valence electrons. The third-order valence-electron chi connectivity index (χ3n) is 1.84. The standard InChI is InChI=1S/C6H10O4/c1-3-8-2-4-5(7)10-6(4)9-3/h3-7H,2H2,1H3/t3-,4-,5-,6-/m1/s1. The van der Waals surface area contributed by atoms with E-state index in [-0.39, 0.29) is 18.5 Å². The number of ether oxygens (including phenoxy) is 3. The predicted molar refractivity (Wildman–Crippen MR) is 30.9 cm³/mol. The Labute approximate surface area is 58.7 Å². The number of fused-ring (bicyclic) bond motifs is 1. The van der Waals surface area contributed by atoms with Gasteiger partial charge >= 0.3 is 0 Å². The van der Waals surface area contributed by atoms with Gasteiger partial charge in [-0.05, 0) is 6.92 Å². The summed E-state index contributed by atoms with van der Waals surface area (Å²) in [5.41, 5.74) is 0. The molecule has 2 fully saturated rings. The first kappa shape index (κ1) is 6.54. The molecule has 4 atom stereocenters. The van der Waals surface area contributed by atoms with E-state index in [0.29, 0.717) is 6.61 Å². The second-order valence-electron chi connectivity index (χ2n) is 2.60. The van der Waals surface area contributed by atoms with Crippen molar-refractivity contribution in [2.24, 2.45) is 5.92 Å². The summed E-state index contributed by atoms with van der Waals surface area (Å²) in [6, 6.07) is 0. The van der Waals surface area contributed by atoms with E-state index >= 15 is 0 Å². The Balaban J connectivity index is 1.93. The summed E-state index contributed by atoms with van der Waals surface area (Å²) in [4.78, 5) is 0. The SMILES string of the molecule is C[C@@H]1OC[C@H]2[C@H](O1)O[C@H]2O. The maximum Gasteiger partial charge on any atom is 0.173 e. The zero-order valence-electron chi connectivity index (χ0n) is 5.69. The van der Waals surface area contributed by atoms with Crippen LogP contribution in [0, 0.1) is 5.92 Å². The van der Waals surface area contributed by atoms with Crippen molar-refractivity contribution in [3.05, 3.63) is 0 Å². The lowest BCUT2D eigenvalue weighted by Gasteiger charge is -2.45. The number of rotatable bonds is 0. The number of hydrogen-bond acceptors (Lipinski definition) is 4. The molecule has 4 nitrogen and oxygen atoms in total. The summed E-state index contributed by atoms with van der Waals surface area (Å²) in [5.74, 6) is 0.0243. The summed E-state index contributed by atoms with van der Waals surface area (Å²) in [6.45, 7) is 2.34. The van der Waals surface area contributed by atoms with Crippen LogP contribution in [0.2, 0.25) is 0 Å². The first-order valence-corrected chi connectivity index (χ1v) is 3.38. The van der Waals surface area contributed by atoms with E-state index < -0.39 is 6.29 Å². The van der Waals surface area contributed by atoms with E-state index in [2.05, 4.69) is 0 Å². The van der Waals surface area contributed by atoms with Gasteiger partial charge in [0.15, 0.2) is 18.9 Å². The molecular formula is C6H10O4. The summed E-state index contributed by atoms with van der Waals surface area (Å²) in [7, 11) is 0. The fourth-order valence-corrected chi connectivity index (χ4v) is 1.15. The lowest BCUT2D eigenvalue weighted by atomic mass is 10.0. The number of aliphatic hydroxyl groups excluding tert-OH is 1. The van der Waals surface area contributed by atoms with Gasteiger partial charge in [0, 0.05) is 0 Å². The average molecular weight is 146 g/mol. The van der Waals surface area contributed by atoms with Crippen LogP contribution >= 0.6 is 0 Å². The molecule has 2 aliphatic rings. The zero-order chi connectivity index (χ0) is 7.14. The zero-order valence-corrected chi connectivity index (χ0v) is 5.69. The molecule has 0 amide bonds. The predicted octanol–water partition coefficient (Wildman–Crippen LogP) is -0.330. The van der Waals surface area contributed by atoms with E-state index in [1.807, 2.05) is 6.92 Å². The first-order chi connectivity index (χ1) is 4.77. The molecule has 0 aliphatic carbocycles. The van der Waals surface area contributed by atoms with Crippen LogP contribution in [0.5, 0.6) is 0 Å². The van der Waals surface area contributed by atoms with Crippen molar-refractivity contribution < 1.29 is 19.3 Å². The van der Waals surface area contributed by atoms with Gasteiger partial charge < -0.3 is 19.3 Å². The maximum atomic E-state index is 8.95. The fraction of sp³-hybridized carbons (Fsp3) is 1.00. The number of aliphatic hydroxyl groups is 1. The Morgan fingerprint density at radius 3 is 2.80 bits per heavy atom. The molecule has 0 aromatic heterocycles. The molecule has 0 bridgehead atoms. The highest BCUT2D eigenvalue weighted by atomic mass is 16.8. The minimum absolute atomic E-state index is 0.0243. The van der Waals surface area contributed by atoms with Crippen molar-refractivity contribution in [3.63, 3.8) is 0 Å². The van der Waals surface area contributed by atoms with Crippen LogP contribution < -0.4 is 0 Å². The monoisotopic (exact) mass is 146 g/mol. The molecule has 1 N–H and O–H groups in total. The third kappa shape index (κ3) is 0.845. The molecule has 0 saturated carbocycles. The molecule has 0 radical (unpaired) electrons. The van der Waals surface area contributed by atoms with Gasteiger partial charge in [-0.25, -0.2) is 0 Å². The van der Waals surface area contributed by atoms with Gasteiger partial charge in [0.1, 0.15) is 0 Å². The van der Waals surface area contributed by atoms with Crippen molar-refractivity contribution in [2.45, 2.75) is 25.8 Å². The largest absolute Gasteiger partial charge is 0.367 e. The highest BCUT2D eigenvalue weighted by Gasteiger charge is 2.46. The van der Waals surface area contributed by atoms with Gasteiger partial charge in [-0.3, -0.25) is 0 Å². The van der Waals surface area contributed by atoms with Gasteiger partial charge in [-0.15, -0.1) is 0 Å². The van der Waals surface area contributed by atoms with Gasteiger partial charge in [0.25, 0.3) is 0 Å². The summed E-state index contributed by atoms with van der Waals surface area (Å²) in [6.07, 6.45) is -1.12. The highest BCUT2D eigenvalue weighted by molar-refractivity contribution is 4.78. The Hall–Kier alpha value is -0.160. The van der Waals surface area contributed by atoms with Crippen LogP contribution in [0.15, 0.2) is 0 Å². The van der Waals surface area contributed by atoms with Crippen LogP contribution in [0.4, 0.5) is 0 Å². The molecule has 0 spiro atoms. The number of hydrogen-bond donors (Lipinski definition) is 1. The van der Waals surface area contributed by atoms with Crippen molar-refractivity contribution >= 4 is 0 Å². The Morgan fingerprint density at radius 1 is 1.40 bits per heavy atom. The molecule has 2 rings (SSSR count). The Bertz CT molecular complexity index is 136. The normalized spacial score (nSPS) is 53.4. The molecule has 2 heterocycles. The average Bonchev–Trinajstić information content (AvgIpc) is 1.86. The Morgan fingerprint density at radius 2 is 2.20 bits per heavy atom. The lowest BCUT2D eigenvalue weighted by molar-refractivity contribution is -0.429. The minimum atomic E-state index is -0.683. The van der Waals surface area contributed by atoms with Crippen molar-refractivity contribution in [1.29, 1.82) is 0 Å². The molecule has 2 aliphatic heterocycles. The van der Waals surface area contributed by atoms with Crippen LogP contribution in [0.3, 0.4) is 0 Å². The van der Waals surface area contributed by atoms with Gasteiger partial charge in [-0.1, -0.05) is 0 Å². The van der Waals surface area contributed by atoms with Crippen LogP contribution in [0.1, 0.15) is 6.92 Å². The fourth-order valence-electron chi connectivity index (χ4n) is 1.15. The molecule has 10 heavy (non-hydrogen) atoms. The van der Waals surface area contributed by atoms with Gasteiger partial charge in [0.2, 0.25) is 0 Å². The van der Waals surface area contributed by atoms with Crippen molar-refractivity contribution in [3.8, 4) is 0 Å². The summed E-state index contributed by atoms with van der Waals surface area (Å²) < 4.78 is 15.1. The molecular weight excluding hydrogens is 136 g/mol. The quantitative estimate of drug-likeness (QED) is 0.508. The second-order valence-corrected chi connectivity index (χ2v) is 2.60. The van der Waals surface area contributed by atoms with E-state index in [1.54, 1.807) is 0 Å². The Kier molecular flexibility index (Phi) is 1.42. The van der Waals surface area contributed by atoms with E-state index in [4.69, 9.17) is 19.3 Å². The minimum Gasteiger partial charge on any atom is -0.367 e. The van der Waals surface area contributed by atoms with Crippen LogP contribution in [-0.4, -0.2) is 30.6 Å². The lowest BCUT2D eigenvalue weighted by Crippen LogP contribution is -2.57. The molecule has 0 aromatic rings. The topological polar surface area (TPSA) is 47.9 Å². The highest BCUT2D eigenvalue weighted by Crippen LogP contribution is 2.32. The molecule has 0 aromatic carbocycles. The third-order valence-corrected chi connectivity index (χ3v) is 1.84. The molecule has 2 saturated heterocycles. The smallest absolute Gasteiger partial charge is 0.173 e. The maximum absolute atomic E-state index is 8.95. The van der Waals surface area contributed by atoms with Crippen molar-refractivity contribution in [2.75, 3.05) is 6.61 Å².